The second kappa shape index (κ2) is 5.76. The van der Waals surface area contributed by atoms with Crippen LogP contribution in [0.4, 0.5) is 4.39 Å². The largest absolute Gasteiger partial charge is 0.316 e. The fraction of sp³-hybridized carbons (Fsp3) is 0.333. The minimum atomic E-state index is -0.133. The summed E-state index contributed by atoms with van der Waals surface area (Å²) < 4.78 is 14.0. The number of halogens is 1. The van der Waals surface area contributed by atoms with E-state index >= 15 is 0 Å². The molecule has 104 valence electrons. The van der Waals surface area contributed by atoms with Crippen molar-refractivity contribution >= 4 is 0 Å². The molecule has 0 spiro atoms. The van der Waals surface area contributed by atoms with Crippen LogP contribution in [0.1, 0.15) is 36.3 Å². The molecule has 0 aromatic heterocycles. The topological polar surface area (TPSA) is 12.0 Å². The molecule has 20 heavy (non-hydrogen) atoms. The van der Waals surface area contributed by atoms with Crippen molar-refractivity contribution in [3.8, 4) is 11.1 Å². The van der Waals surface area contributed by atoms with Crippen LogP contribution in [0.15, 0.2) is 42.5 Å². The van der Waals surface area contributed by atoms with Crippen LogP contribution in [0.3, 0.4) is 0 Å². The van der Waals surface area contributed by atoms with E-state index in [9.17, 15) is 4.39 Å². The zero-order valence-electron chi connectivity index (χ0n) is 11.8. The van der Waals surface area contributed by atoms with E-state index in [0.29, 0.717) is 18.0 Å². The SMILES string of the molecule is CNCc1ccc(-c2cccc(C3CCC3)c2)cc1F. The van der Waals surface area contributed by atoms with Crippen molar-refractivity contribution in [3.63, 3.8) is 0 Å². The van der Waals surface area contributed by atoms with E-state index in [1.807, 2.05) is 19.2 Å². The van der Waals surface area contributed by atoms with E-state index in [0.717, 1.165) is 11.1 Å². The fourth-order valence-electron chi connectivity index (χ4n) is 2.77. The Balaban J connectivity index is 1.90. The quantitative estimate of drug-likeness (QED) is 0.863. The molecule has 1 N–H and O–H groups in total. The van der Waals surface area contributed by atoms with Gasteiger partial charge >= 0.3 is 0 Å². The molecule has 1 saturated carbocycles. The molecule has 2 heteroatoms. The van der Waals surface area contributed by atoms with Crippen molar-refractivity contribution in [2.24, 2.45) is 0 Å². The van der Waals surface area contributed by atoms with Crippen LogP contribution in [-0.4, -0.2) is 7.05 Å². The van der Waals surface area contributed by atoms with Gasteiger partial charge in [-0.3, -0.25) is 0 Å². The Bertz CT molecular complexity index is 602. The smallest absolute Gasteiger partial charge is 0.128 e. The van der Waals surface area contributed by atoms with Gasteiger partial charge in [-0.25, -0.2) is 4.39 Å². The lowest BCUT2D eigenvalue weighted by Crippen LogP contribution is -2.08. The molecule has 0 aliphatic heterocycles. The molecule has 0 saturated heterocycles. The van der Waals surface area contributed by atoms with E-state index in [4.69, 9.17) is 0 Å². The lowest BCUT2D eigenvalue weighted by Gasteiger charge is -2.26. The highest BCUT2D eigenvalue weighted by atomic mass is 19.1. The second-order valence-corrected chi connectivity index (χ2v) is 5.59. The Morgan fingerprint density at radius 1 is 1.10 bits per heavy atom. The lowest BCUT2D eigenvalue weighted by molar-refractivity contribution is 0.420. The molecule has 1 nitrogen and oxygen atoms in total. The first-order chi connectivity index (χ1) is 9.78. The second-order valence-electron chi connectivity index (χ2n) is 5.59. The van der Waals surface area contributed by atoms with Crippen molar-refractivity contribution in [1.82, 2.24) is 5.32 Å². The zero-order valence-corrected chi connectivity index (χ0v) is 11.8. The van der Waals surface area contributed by atoms with Gasteiger partial charge in [0.05, 0.1) is 0 Å². The zero-order chi connectivity index (χ0) is 13.9. The molecule has 0 unspecified atom stereocenters. The maximum atomic E-state index is 14.0. The highest BCUT2D eigenvalue weighted by Gasteiger charge is 2.19. The number of benzene rings is 2. The third-order valence-corrected chi connectivity index (χ3v) is 4.22. The molecule has 0 radical (unpaired) electrons. The van der Waals surface area contributed by atoms with Crippen molar-refractivity contribution in [3.05, 3.63) is 59.4 Å². The van der Waals surface area contributed by atoms with Gasteiger partial charge in [-0.15, -0.1) is 0 Å². The van der Waals surface area contributed by atoms with Gasteiger partial charge in [0.25, 0.3) is 0 Å². The molecule has 0 atom stereocenters. The van der Waals surface area contributed by atoms with Crippen molar-refractivity contribution in [1.29, 1.82) is 0 Å². The molecule has 2 aromatic carbocycles. The van der Waals surface area contributed by atoms with Gasteiger partial charge in [0.2, 0.25) is 0 Å². The standard InChI is InChI=1S/C18H20FN/c1-20-12-17-9-8-16(11-18(17)19)15-7-3-6-14(10-15)13-4-2-5-13/h3,6-11,13,20H,2,4-5,12H2,1H3. The van der Waals surface area contributed by atoms with Gasteiger partial charge in [0.15, 0.2) is 0 Å². The summed E-state index contributed by atoms with van der Waals surface area (Å²) in [5, 5.41) is 2.98. The summed E-state index contributed by atoms with van der Waals surface area (Å²) >= 11 is 0. The van der Waals surface area contributed by atoms with Crippen LogP contribution < -0.4 is 5.32 Å². The average molecular weight is 269 g/mol. The van der Waals surface area contributed by atoms with Gasteiger partial charge in [-0.2, -0.15) is 0 Å². The molecule has 1 aliphatic carbocycles. The van der Waals surface area contributed by atoms with Crippen molar-refractivity contribution in [2.75, 3.05) is 7.05 Å². The molecule has 0 bridgehead atoms. The van der Waals surface area contributed by atoms with Gasteiger partial charge in [-0.1, -0.05) is 42.8 Å². The van der Waals surface area contributed by atoms with Gasteiger partial charge in [0, 0.05) is 12.1 Å². The van der Waals surface area contributed by atoms with Crippen LogP contribution in [0.2, 0.25) is 0 Å². The monoisotopic (exact) mass is 269 g/mol. The molecule has 3 rings (SSSR count). The van der Waals surface area contributed by atoms with Crippen molar-refractivity contribution < 1.29 is 4.39 Å². The van der Waals surface area contributed by atoms with Crippen LogP contribution in [-0.2, 0) is 6.54 Å². The first-order valence-electron chi connectivity index (χ1n) is 7.31. The number of hydrogen-bond donors (Lipinski definition) is 1. The summed E-state index contributed by atoms with van der Waals surface area (Å²) in [5.41, 5.74) is 4.19. The highest BCUT2D eigenvalue weighted by molar-refractivity contribution is 5.65. The normalized spacial score (nSPS) is 15.1. The van der Waals surface area contributed by atoms with Gasteiger partial charge < -0.3 is 5.32 Å². The van der Waals surface area contributed by atoms with E-state index in [1.165, 1.54) is 24.8 Å². The fourth-order valence-corrected chi connectivity index (χ4v) is 2.77. The van der Waals surface area contributed by atoms with Crippen LogP contribution in [0.5, 0.6) is 0 Å². The highest BCUT2D eigenvalue weighted by Crippen LogP contribution is 2.37. The summed E-state index contributed by atoms with van der Waals surface area (Å²) in [4.78, 5) is 0. The molecule has 0 amide bonds. The summed E-state index contributed by atoms with van der Waals surface area (Å²) in [5.74, 6) is 0.578. The third kappa shape index (κ3) is 2.61. The van der Waals surface area contributed by atoms with Crippen LogP contribution in [0, 0.1) is 5.82 Å². The Hall–Kier alpha value is -1.67. The Kier molecular flexibility index (Phi) is 3.83. The minimum absolute atomic E-state index is 0.133. The van der Waals surface area contributed by atoms with Gasteiger partial charge in [-0.05, 0) is 48.6 Å². The first-order valence-corrected chi connectivity index (χ1v) is 7.31. The van der Waals surface area contributed by atoms with E-state index < -0.39 is 0 Å². The molecule has 2 aromatic rings. The van der Waals surface area contributed by atoms with Crippen molar-refractivity contribution in [2.45, 2.75) is 31.7 Å². The molecule has 1 aliphatic rings. The third-order valence-electron chi connectivity index (χ3n) is 4.22. The Morgan fingerprint density at radius 2 is 1.90 bits per heavy atom. The first kappa shape index (κ1) is 13.3. The average Bonchev–Trinajstić information content (AvgIpc) is 2.40. The summed E-state index contributed by atoms with van der Waals surface area (Å²) in [6.45, 7) is 0.564. The van der Waals surface area contributed by atoms with Gasteiger partial charge in [0.1, 0.15) is 5.82 Å². The summed E-state index contributed by atoms with van der Waals surface area (Å²) in [7, 11) is 1.83. The summed E-state index contributed by atoms with van der Waals surface area (Å²) in [6, 6.07) is 14.1. The Morgan fingerprint density at radius 3 is 2.55 bits per heavy atom. The minimum Gasteiger partial charge on any atom is -0.316 e. The van der Waals surface area contributed by atoms with E-state index in [1.54, 1.807) is 6.07 Å². The molecule has 1 fully saturated rings. The maximum absolute atomic E-state index is 14.0. The molecular formula is C18H20FN. The maximum Gasteiger partial charge on any atom is 0.128 e. The summed E-state index contributed by atoms with van der Waals surface area (Å²) in [6.07, 6.45) is 3.92. The lowest BCUT2D eigenvalue weighted by atomic mass is 9.79. The number of hydrogen-bond acceptors (Lipinski definition) is 1. The number of nitrogens with one attached hydrogen (secondary N) is 1. The predicted molar refractivity (Wildman–Crippen MR) is 81.2 cm³/mol. The number of rotatable bonds is 4. The van der Waals surface area contributed by atoms with E-state index in [-0.39, 0.29) is 5.82 Å². The van der Waals surface area contributed by atoms with Crippen LogP contribution >= 0.6 is 0 Å². The molecular weight excluding hydrogens is 249 g/mol. The molecule has 0 heterocycles. The predicted octanol–water partition coefficient (Wildman–Crippen LogP) is 4.48. The van der Waals surface area contributed by atoms with Crippen LogP contribution in [0.25, 0.3) is 11.1 Å². The van der Waals surface area contributed by atoms with E-state index in [2.05, 4.69) is 29.6 Å². The Labute approximate surface area is 119 Å².